The number of sulfonamides is 1. The molecule has 142 valence electrons. The van der Waals surface area contributed by atoms with E-state index < -0.39 is 10.0 Å². The Balaban J connectivity index is 1.50. The van der Waals surface area contributed by atoms with Gasteiger partial charge in [0.15, 0.2) is 0 Å². The largest absolute Gasteiger partial charge is 0.461 e. The molecule has 0 aromatic heterocycles. The van der Waals surface area contributed by atoms with Gasteiger partial charge in [-0.15, -0.1) is 0 Å². The fourth-order valence-corrected chi connectivity index (χ4v) is 4.23. The number of benzene rings is 2. The second-order valence-electron chi connectivity index (χ2n) is 6.53. The zero-order valence-corrected chi connectivity index (χ0v) is 15.8. The first-order valence-electron chi connectivity index (χ1n) is 8.98. The molecule has 27 heavy (non-hydrogen) atoms. The average molecular weight is 385 g/mol. The molecule has 0 bridgehead atoms. The van der Waals surface area contributed by atoms with Gasteiger partial charge in [-0.25, -0.2) is 8.42 Å². The normalized spacial score (nSPS) is 16.4. The van der Waals surface area contributed by atoms with Crippen molar-refractivity contribution in [2.24, 2.45) is 5.92 Å². The van der Waals surface area contributed by atoms with Crippen molar-refractivity contribution < 1.29 is 17.9 Å². The van der Waals surface area contributed by atoms with Gasteiger partial charge in [0.25, 0.3) is 0 Å². The highest BCUT2D eigenvalue weighted by atomic mass is 32.2. The number of rotatable bonds is 6. The minimum Gasteiger partial charge on any atom is -0.461 e. The van der Waals surface area contributed by atoms with Gasteiger partial charge in [-0.05, 0) is 30.0 Å². The summed E-state index contributed by atoms with van der Waals surface area (Å²) in [7, 11) is -3.49. The van der Waals surface area contributed by atoms with Crippen LogP contribution in [0.15, 0.2) is 66.1 Å². The van der Waals surface area contributed by atoms with E-state index in [0.717, 1.165) is 11.1 Å². The Hall–Kier alpha value is -2.44. The fraction of sp³-hybridized carbons (Fsp3) is 0.286. The maximum atomic E-state index is 12.5. The SMILES string of the molecule is O=C(OCc1ccccc1)C1CCN(S(=O)(=O)/C=C/c2ccccc2)CC1. The highest BCUT2D eigenvalue weighted by Crippen LogP contribution is 2.22. The summed E-state index contributed by atoms with van der Waals surface area (Å²) >= 11 is 0. The molecule has 1 fully saturated rings. The highest BCUT2D eigenvalue weighted by molar-refractivity contribution is 7.92. The first-order valence-corrected chi connectivity index (χ1v) is 10.5. The third-order valence-corrected chi connectivity index (χ3v) is 6.17. The van der Waals surface area contributed by atoms with Gasteiger partial charge in [0, 0.05) is 18.5 Å². The molecule has 0 spiro atoms. The molecule has 2 aromatic carbocycles. The second kappa shape index (κ2) is 8.97. The summed E-state index contributed by atoms with van der Waals surface area (Å²) in [5.41, 5.74) is 1.78. The Bertz CT molecular complexity index is 871. The van der Waals surface area contributed by atoms with Crippen LogP contribution in [0.1, 0.15) is 24.0 Å². The number of carbonyl (C=O) groups is 1. The second-order valence-corrected chi connectivity index (χ2v) is 8.34. The van der Waals surface area contributed by atoms with Crippen molar-refractivity contribution in [1.29, 1.82) is 0 Å². The lowest BCUT2D eigenvalue weighted by Crippen LogP contribution is -2.39. The van der Waals surface area contributed by atoms with Crippen LogP contribution < -0.4 is 0 Å². The summed E-state index contributed by atoms with van der Waals surface area (Å²) in [5.74, 6) is -0.506. The molecule has 0 radical (unpaired) electrons. The van der Waals surface area contributed by atoms with Crippen LogP contribution >= 0.6 is 0 Å². The van der Waals surface area contributed by atoms with E-state index >= 15 is 0 Å². The molecule has 0 N–H and O–H groups in total. The van der Waals surface area contributed by atoms with Gasteiger partial charge in [0.2, 0.25) is 10.0 Å². The zero-order valence-electron chi connectivity index (χ0n) is 15.0. The lowest BCUT2D eigenvalue weighted by molar-refractivity contribution is -0.151. The molecule has 0 amide bonds. The molecule has 0 unspecified atom stereocenters. The lowest BCUT2D eigenvalue weighted by atomic mass is 9.98. The van der Waals surface area contributed by atoms with E-state index in [0.29, 0.717) is 25.9 Å². The van der Waals surface area contributed by atoms with Crippen molar-refractivity contribution in [3.63, 3.8) is 0 Å². The number of carbonyl (C=O) groups excluding carboxylic acids is 1. The number of nitrogens with zero attached hydrogens (tertiary/aromatic N) is 1. The smallest absolute Gasteiger partial charge is 0.309 e. The maximum Gasteiger partial charge on any atom is 0.309 e. The molecule has 1 heterocycles. The topological polar surface area (TPSA) is 63.7 Å². The van der Waals surface area contributed by atoms with Gasteiger partial charge < -0.3 is 4.74 Å². The molecule has 1 aliphatic heterocycles. The van der Waals surface area contributed by atoms with Gasteiger partial charge in [-0.3, -0.25) is 4.79 Å². The van der Waals surface area contributed by atoms with Gasteiger partial charge in [-0.1, -0.05) is 60.7 Å². The third-order valence-electron chi connectivity index (χ3n) is 4.60. The molecule has 0 atom stereocenters. The molecular weight excluding hydrogens is 362 g/mol. The lowest BCUT2D eigenvalue weighted by Gasteiger charge is -2.29. The molecule has 3 rings (SSSR count). The van der Waals surface area contributed by atoms with Gasteiger partial charge in [0.1, 0.15) is 6.61 Å². The van der Waals surface area contributed by atoms with E-state index in [9.17, 15) is 13.2 Å². The molecule has 1 aliphatic rings. The van der Waals surface area contributed by atoms with E-state index in [2.05, 4.69) is 0 Å². The summed E-state index contributed by atoms with van der Waals surface area (Å²) in [6.07, 6.45) is 2.55. The molecule has 6 heteroatoms. The number of hydrogen-bond donors (Lipinski definition) is 0. The maximum absolute atomic E-state index is 12.5. The summed E-state index contributed by atoms with van der Waals surface area (Å²) in [5, 5.41) is 1.23. The van der Waals surface area contributed by atoms with Crippen molar-refractivity contribution >= 4 is 22.1 Å². The molecule has 5 nitrogen and oxygen atoms in total. The minimum atomic E-state index is -3.49. The number of ether oxygens (including phenoxy) is 1. The van der Waals surface area contributed by atoms with Gasteiger partial charge in [-0.2, -0.15) is 4.31 Å². The summed E-state index contributed by atoms with van der Waals surface area (Å²) in [6.45, 7) is 0.900. The van der Waals surface area contributed by atoms with Crippen LogP contribution in [0.2, 0.25) is 0 Å². The van der Waals surface area contributed by atoms with E-state index in [1.54, 1.807) is 6.08 Å². The summed E-state index contributed by atoms with van der Waals surface area (Å²) in [6, 6.07) is 18.8. The van der Waals surface area contributed by atoms with E-state index in [-0.39, 0.29) is 18.5 Å². The van der Waals surface area contributed by atoms with E-state index in [1.807, 2.05) is 60.7 Å². The minimum absolute atomic E-state index is 0.248. The molecule has 2 aromatic rings. The molecular formula is C21H23NO4S. The summed E-state index contributed by atoms with van der Waals surface area (Å²) in [4.78, 5) is 12.2. The quantitative estimate of drug-likeness (QED) is 0.715. The molecule has 1 saturated heterocycles. The van der Waals surface area contributed by atoms with Gasteiger partial charge >= 0.3 is 5.97 Å². The number of piperidine rings is 1. The van der Waals surface area contributed by atoms with Crippen molar-refractivity contribution in [3.05, 3.63) is 77.2 Å². The molecule has 0 aliphatic carbocycles. The predicted octanol–water partition coefficient (Wildman–Crippen LogP) is 3.44. The first kappa shape index (κ1) is 19.3. The van der Waals surface area contributed by atoms with Gasteiger partial charge in [0.05, 0.1) is 5.92 Å². The van der Waals surface area contributed by atoms with Crippen LogP contribution in [0.25, 0.3) is 6.08 Å². The standard InChI is InChI=1S/C21H23NO4S/c23-21(26-17-19-9-5-2-6-10-19)20-11-14-22(15-12-20)27(24,25)16-13-18-7-3-1-4-8-18/h1-10,13,16,20H,11-12,14-15,17H2/b16-13+. The van der Waals surface area contributed by atoms with Crippen LogP contribution in [0.5, 0.6) is 0 Å². The summed E-state index contributed by atoms with van der Waals surface area (Å²) < 4.78 is 31.7. The highest BCUT2D eigenvalue weighted by Gasteiger charge is 2.30. The van der Waals surface area contributed by atoms with Crippen LogP contribution in [0.4, 0.5) is 0 Å². The van der Waals surface area contributed by atoms with Crippen molar-refractivity contribution in [2.45, 2.75) is 19.4 Å². The Labute approximate surface area is 160 Å². The number of hydrogen-bond acceptors (Lipinski definition) is 4. The third kappa shape index (κ3) is 5.52. The Morgan fingerprint density at radius 3 is 2.22 bits per heavy atom. The monoisotopic (exact) mass is 385 g/mol. The zero-order chi connectivity index (χ0) is 19.1. The predicted molar refractivity (Wildman–Crippen MR) is 105 cm³/mol. The van der Waals surface area contributed by atoms with E-state index in [4.69, 9.17) is 4.74 Å². The first-order chi connectivity index (χ1) is 13.0. The van der Waals surface area contributed by atoms with E-state index in [1.165, 1.54) is 9.71 Å². The Morgan fingerprint density at radius 2 is 1.59 bits per heavy atom. The average Bonchev–Trinajstić information content (AvgIpc) is 2.72. The van der Waals surface area contributed by atoms with Crippen LogP contribution in [-0.4, -0.2) is 31.8 Å². The van der Waals surface area contributed by atoms with Crippen LogP contribution in [-0.2, 0) is 26.2 Å². The Kier molecular flexibility index (Phi) is 6.42. The number of esters is 1. The van der Waals surface area contributed by atoms with Crippen molar-refractivity contribution in [1.82, 2.24) is 4.31 Å². The van der Waals surface area contributed by atoms with Crippen molar-refractivity contribution in [2.75, 3.05) is 13.1 Å². The van der Waals surface area contributed by atoms with Crippen LogP contribution in [0, 0.1) is 5.92 Å². The molecule has 0 saturated carbocycles. The fourth-order valence-electron chi connectivity index (χ4n) is 3.01. The Morgan fingerprint density at radius 1 is 1.00 bits per heavy atom. The van der Waals surface area contributed by atoms with Crippen molar-refractivity contribution in [3.8, 4) is 0 Å². The van der Waals surface area contributed by atoms with Crippen LogP contribution in [0.3, 0.4) is 0 Å².